The summed E-state index contributed by atoms with van der Waals surface area (Å²) in [7, 11) is 0. The molecule has 3 rings (SSSR count). The van der Waals surface area contributed by atoms with Crippen molar-refractivity contribution in [3.8, 4) is 0 Å². The van der Waals surface area contributed by atoms with Crippen LogP contribution in [0.4, 0.5) is 11.8 Å². The van der Waals surface area contributed by atoms with Gasteiger partial charge in [0, 0.05) is 0 Å². The van der Waals surface area contributed by atoms with Crippen LogP contribution in [-0.2, 0) is 11.3 Å². The highest BCUT2D eigenvalue weighted by Crippen LogP contribution is 2.23. The highest BCUT2D eigenvalue weighted by molar-refractivity contribution is 6.42. The number of carbonyl (C=O) groups is 1. The van der Waals surface area contributed by atoms with Crippen molar-refractivity contribution < 1.29 is 9.72 Å². The lowest BCUT2D eigenvalue weighted by atomic mass is 10.2. The minimum Gasteiger partial charge on any atom is -0.358 e. The number of nitrogens with one attached hydrogen (secondary N) is 1. The second-order valence-corrected chi connectivity index (χ2v) is 7.09. The van der Waals surface area contributed by atoms with Crippen LogP contribution in [0.5, 0.6) is 0 Å². The number of hydrogen-bond donors (Lipinski definition) is 1. The largest absolute Gasteiger partial charge is 0.390 e. The molecule has 29 heavy (non-hydrogen) atoms. The van der Waals surface area contributed by atoms with Gasteiger partial charge in [-0.1, -0.05) is 36.2 Å². The second-order valence-electron chi connectivity index (χ2n) is 6.27. The zero-order chi connectivity index (χ0) is 21.1. The van der Waals surface area contributed by atoms with Crippen LogP contribution in [0.2, 0.25) is 10.0 Å². The molecule has 0 saturated carbocycles. The van der Waals surface area contributed by atoms with E-state index < -0.39 is 16.9 Å². The van der Waals surface area contributed by atoms with Gasteiger partial charge < -0.3 is 10.1 Å². The minimum atomic E-state index is -0.731. The van der Waals surface area contributed by atoms with Crippen molar-refractivity contribution >= 4 is 40.9 Å². The number of anilines is 1. The molecule has 0 aliphatic rings. The summed E-state index contributed by atoms with van der Waals surface area (Å²) in [4.78, 5) is 27.1. The van der Waals surface area contributed by atoms with E-state index in [4.69, 9.17) is 23.2 Å². The molecule has 0 aliphatic heterocycles. The van der Waals surface area contributed by atoms with E-state index in [1.807, 2.05) is 6.07 Å². The normalized spacial score (nSPS) is 12.0. The third-order valence-corrected chi connectivity index (χ3v) is 4.92. The fraction of sp³-hybridized carbons (Fsp3) is 0.294. The van der Waals surface area contributed by atoms with Crippen LogP contribution in [0.3, 0.4) is 0 Å². The van der Waals surface area contributed by atoms with Crippen molar-refractivity contribution in [1.29, 1.82) is 0 Å². The molecule has 10 nitrogen and oxygen atoms in total. The van der Waals surface area contributed by atoms with Crippen LogP contribution in [0.1, 0.15) is 30.6 Å². The number of benzene rings is 1. The number of nitrogens with zero attached hydrogens (tertiary/aromatic N) is 6. The van der Waals surface area contributed by atoms with E-state index in [9.17, 15) is 14.9 Å². The maximum Gasteiger partial charge on any atom is 0.390 e. The van der Waals surface area contributed by atoms with E-state index in [1.165, 1.54) is 17.1 Å². The van der Waals surface area contributed by atoms with E-state index in [-0.39, 0.29) is 11.8 Å². The lowest BCUT2D eigenvalue weighted by Gasteiger charge is -2.12. The molecule has 1 N–H and O–H groups in total. The van der Waals surface area contributed by atoms with Crippen molar-refractivity contribution in [3.05, 3.63) is 62.0 Å². The Kier molecular flexibility index (Phi) is 6.14. The van der Waals surface area contributed by atoms with Gasteiger partial charge in [-0.25, -0.2) is 9.67 Å². The number of amides is 1. The van der Waals surface area contributed by atoms with Crippen molar-refractivity contribution in [1.82, 2.24) is 24.5 Å². The van der Waals surface area contributed by atoms with Gasteiger partial charge >= 0.3 is 5.82 Å². The van der Waals surface area contributed by atoms with Crippen LogP contribution in [-0.4, -0.2) is 35.4 Å². The molecule has 0 fully saturated rings. The van der Waals surface area contributed by atoms with Crippen LogP contribution in [0.25, 0.3) is 0 Å². The summed E-state index contributed by atoms with van der Waals surface area (Å²) in [5.41, 5.74) is 1.38. The minimum absolute atomic E-state index is 0.118. The molecule has 152 valence electrons. The number of carbonyl (C=O) groups excluding carboxylic acids is 1. The number of aromatic nitrogens is 5. The molecule has 2 heterocycles. The number of aryl methyl sites for hydroxylation is 1. The monoisotopic (exact) mass is 437 g/mol. The zero-order valence-electron chi connectivity index (χ0n) is 15.5. The van der Waals surface area contributed by atoms with Crippen molar-refractivity contribution in [2.75, 3.05) is 5.32 Å². The number of hydrogen-bond acceptors (Lipinski definition) is 6. The van der Waals surface area contributed by atoms with E-state index in [2.05, 4.69) is 20.5 Å². The first kappa shape index (κ1) is 20.7. The Balaban J connectivity index is 1.71. The first-order chi connectivity index (χ1) is 13.8. The molecule has 0 bridgehead atoms. The predicted octanol–water partition coefficient (Wildman–Crippen LogP) is 3.64. The summed E-state index contributed by atoms with van der Waals surface area (Å²) >= 11 is 11.9. The van der Waals surface area contributed by atoms with Gasteiger partial charge in [-0.15, -0.1) is 5.10 Å². The number of rotatable bonds is 7. The fourth-order valence-corrected chi connectivity index (χ4v) is 3.11. The van der Waals surface area contributed by atoms with E-state index in [0.29, 0.717) is 28.7 Å². The first-order valence-corrected chi connectivity index (χ1v) is 9.38. The summed E-state index contributed by atoms with van der Waals surface area (Å²) in [5.74, 6) is -0.605. The van der Waals surface area contributed by atoms with Crippen LogP contribution >= 0.6 is 23.2 Å². The molecular formula is C17H17Cl2N7O3. The maximum absolute atomic E-state index is 12.7. The summed E-state index contributed by atoms with van der Waals surface area (Å²) in [6.07, 6.45) is 1.86. The Morgan fingerprint density at radius 1 is 1.28 bits per heavy atom. The van der Waals surface area contributed by atoms with Crippen LogP contribution < -0.4 is 5.32 Å². The van der Waals surface area contributed by atoms with Gasteiger partial charge in [0.25, 0.3) is 5.91 Å². The standard InChI is InChI=1S/C17H17Cl2N7O3/c1-3-14(25-10(2)6-15(22-25)26(28)29)16(27)21-17-20-9-24(23-17)8-11-4-5-12(18)13(19)7-11/h4-7,9,14H,3,8H2,1-2H3,(H,21,23,27). The summed E-state index contributed by atoms with van der Waals surface area (Å²) in [6, 6.07) is 5.82. The number of nitro groups is 1. The van der Waals surface area contributed by atoms with Gasteiger partial charge in [0.05, 0.1) is 33.4 Å². The summed E-state index contributed by atoms with van der Waals surface area (Å²) in [5, 5.41) is 22.6. The lowest BCUT2D eigenvalue weighted by molar-refractivity contribution is -0.389. The third kappa shape index (κ3) is 4.72. The highest BCUT2D eigenvalue weighted by atomic mass is 35.5. The Labute approximate surface area is 175 Å². The molecule has 2 aromatic heterocycles. The molecule has 1 unspecified atom stereocenters. The molecule has 12 heteroatoms. The molecular weight excluding hydrogens is 421 g/mol. The topological polar surface area (TPSA) is 121 Å². The first-order valence-electron chi connectivity index (χ1n) is 8.63. The molecule has 3 aromatic rings. The lowest BCUT2D eigenvalue weighted by Crippen LogP contribution is -2.27. The van der Waals surface area contributed by atoms with Gasteiger partial charge in [-0.3, -0.25) is 10.1 Å². The van der Waals surface area contributed by atoms with Gasteiger partial charge in [-0.2, -0.15) is 4.68 Å². The average molecular weight is 438 g/mol. The van der Waals surface area contributed by atoms with E-state index in [1.54, 1.807) is 30.7 Å². The molecule has 0 aliphatic carbocycles. The van der Waals surface area contributed by atoms with Gasteiger partial charge in [0.15, 0.2) is 6.04 Å². The van der Waals surface area contributed by atoms with E-state index >= 15 is 0 Å². The van der Waals surface area contributed by atoms with Gasteiger partial charge in [0.1, 0.15) is 6.33 Å². The van der Waals surface area contributed by atoms with Gasteiger partial charge in [0.2, 0.25) is 5.95 Å². The molecule has 0 spiro atoms. The SMILES string of the molecule is CCC(C(=O)Nc1ncn(Cc2ccc(Cl)c(Cl)c2)n1)n1nc([N+](=O)[O-])cc1C. The van der Waals surface area contributed by atoms with Crippen molar-refractivity contribution in [2.24, 2.45) is 0 Å². The Morgan fingerprint density at radius 2 is 2.03 bits per heavy atom. The second kappa shape index (κ2) is 8.58. The average Bonchev–Trinajstić information content (AvgIpc) is 3.26. The van der Waals surface area contributed by atoms with Crippen molar-refractivity contribution in [2.45, 2.75) is 32.9 Å². The molecule has 0 saturated heterocycles. The van der Waals surface area contributed by atoms with Gasteiger partial charge in [-0.05, 0) is 36.0 Å². The summed E-state index contributed by atoms with van der Waals surface area (Å²) < 4.78 is 2.88. The Bertz CT molecular complexity index is 1060. The fourth-order valence-electron chi connectivity index (χ4n) is 2.79. The Morgan fingerprint density at radius 3 is 2.66 bits per heavy atom. The predicted molar refractivity (Wildman–Crippen MR) is 107 cm³/mol. The number of halogens is 2. The Hall–Kier alpha value is -2.98. The van der Waals surface area contributed by atoms with E-state index in [0.717, 1.165) is 5.56 Å². The zero-order valence-corrected chi connectivity index (χ0v) is 17.1. The van der Waals surface area contributed by atoms with Crippen LogP contribution in [0, 0.1) is 17.0 Å². The smallest absolute Gasteiger partial charge is 0.358 e. The molecule has 1 aromatic carbocycles. The molecule has 1 amide bonds. The molecule has 0 radical (unpaired) electrons. The van der Waals surface area contributed by atoms with Crippen molar-refractivity contribution in [3.63, 3.8) is 0 Å². The van der Waals surface area contributed by atoms with Crippen LogP contribution in [0.15, 0.2) is 30.6 Å². The quantitative estimate of drug-likeness (QED) is 0.444. The third-order valence-electron chi connectivity index (χ3n) is 4.18. The maximum atomic E-state index is 12.7. The summed E-state index contributed by atoms with van der Waals surface area (Å²) in [6.45, 7) is 3.83. The highest BCUT2D eigenvalue weighted by Gasteiger charge is 2.27. The molecule has 1 atom stereocenters.